The average molecular weight is 469 g/mol. The molecule has 174 valence electrons. The highest BCUT2D eigenvalue weighted by Gasteiger charge is 2.17. The summed E-state index contributed by atoms with van der Waals surface area (Å²) in [6, 6.07) is 15.0. The number of rotatable bonds is 10. The third-order valence-corrected chi connectivity index (χ3v) is 5.96. The average Bonchev–Trinajstić information content (AvgIpc) is 3.22. The van der Waals surface area contributed by atoms with Gasteiger partial charge >= 0.3 is 0 Å². The zero-order valence-electron chi connectivity index (χ0n) is 18.8. The van der Waals surface area contributed by atoms with Gasteiger partial charge in [0.25, 0.3) is 0 Å². The van der Waals surface area contributed by atoms with Crippen LogP contribution in [-0.2, 0) is 17.9 Å². The van der Waals surface area contributed by atoms with E-state index in [0.29, 0.717) is 48.1 Å². The number of hydrogen-bond donors (Lipinski definition) is 1. The van der Waals surface area contributed by atoms with E-state index < -0.39 is 0 Å². The number of hydrogen-bond acceptors (Lipinski definition) is 7. The van der Waals surface area contributed by atoms with Gasteiger partial charge in [-0.05, 0) is 36.6 Å². The van der Waals surface area contributed by atoms with E-state index in [0.717, 1.165) is 24.5 Å². The van der Waals surface area contributed by atoms with E-state index in [4.69, 9.17) is 14.2 Å². The van der Waals surface area contributed by atoms with Gasteiger partial charge in [-0.1, -0.05) is 43.8 Å². The molecule has 4 rings (SSSR count). The summed E-state index contributed by atoms with van der Waals surface area (Å²) in [7, 11) is 0. The number of carbonyl (C=O) groups is 1. The summed E-state index contributed by atoms with van der Waals surface area (Å²) in [4.78, 5) is 12.6. The number of nitrogens with one attached hydrogen (secondary N) is 1. The van der Waals surface area contributed by atoms with Crippen LogP contribution in [0.4, 0.5) is 5.69 Å². The van der Waals surface area contributed by atoms with Gasteiger partial charge in [-0.25, -0.2) is 0 Å². The van der Waals surface area contributed by atoms with Crippen molar-refractivity contribution in [1.29, 1.82) is 0 Å². The standard InChI is InChI=1S/C24H28N4O4S/c1-17(2)10-11-28-22(15-32-19-6-4-3-5-7-19)26-27-24(28)33-16-23(29)25-18-8-9-20-21(14-18)31-13-12-30-20/h3-9,14,17H,10-13,15-16H2,1-2H3,(H,25,29). The number of aromatic nitrogens is 3. The molecule has 1 aromatic heterocycles. The summed E-state index contributed by atoms with van der Waals surface area (Å²) in [5.41, 5.74) is 0.670. The number of anilines is 1. The summed E-state index contributed by atoms with van der Waals surface area (Å²) in [5.74, 6) is 3.48. The van der Waals surface area contributed by atoms with Crippen molar-refractivity contribution < 1.29 is 19.0 Å². The molecule has 0 saturated heterocycles. The number of carbonyl (C=O) groups excluding carboxylic acids is 1. The third kappa shape index (κ3) is 6.41. The number of fused-ring (bicyclic) bond motifs is 1. The van der Waals surface area contributed by atoms with Gasteiger partial charge in [-0.15, -0.1) is 10.2 Å². The molecule has 33 heavy (non-hydrogen) atoms. The SMILES string of the molecule is CC(C)CCn1c(COc2ccccc2)nnc1SCC(=O)Nc1ccc2c(c1)OCCO2. The van der Waals surface area contributed by atoms with Gasteiger partial charge in [0.05, 0.1) is 5.75 Å². The predicted octanol–water partition coefficient (Wildman–Crippen LogP) is 4.41. The second kappa shape index (κ2) is 11.1. The summed E-state index contributed by atoms with van der Waals surface area (Å²) in [6.07, 6.45) is 0.979. The Morgan fingerprint density at radius 2 is 1.91 bits per heavy atom. The first-order chi connectivity index (χ1) is 16.1. The largest absolute Gasteiger partial charge is 0.486 e. The first-order valence-electron chi connectivity index (χ1n) is 11.0. The smallest absolute Gasteiger partial charge is 0.234 e. The topological polar surface area (TPSA) is 87.5 Å². The molecule has 3 aromatic rings. The number of amides is 1. The molecule has 9 heteroatoms. The maximum atomic E-state index is 12.6. The molecule has 2 heterocycles. The second-order valence-corrected chi connectivity index (χ2v) is 8.97. The van der Waals surface area contributed by atoms with Crippen molar-refractivity contribution in [2.45, 2.75) is 38.6 Å². The van der Waals surface area contributed by atoms with E-state index >= 15 is 0 Å². The van der Waals surface area contributed by atoms with Crippen LogP contribution >= 0.6 is 11.8 Å². The lowest BCUT2D eigenvalue weighted by atomic mass is 10.1. The zero-order valence-corrected chi connectivity index (χ0v) is 19.6. The minimum atomic E-state index is -0.128. The third-order valence-electron chi connectivity index (χ3n) is 4.99. The molecule has 1 aliphatic heterocycles. The highest BCUT2D eigenvalue weighted by atomic mass is 32.2. The monoisotopic (exact) mass is 468 g/mol. The minimum absolute atomic E-state index is 0.128. The van der Waals surface area contributed by atoms with E-state index in [-0.39, 0.29) is 11.7 Å². The quantitative estimate of drug-likeness (QED) is 0.441. The first-order valence-corrected chi connectivity index (χ1v) is 12.0. The van der Waals surface area contributed by atoms with Crippen LogP contribution in [0.3, 0.4) is 0 Å². The molecule has 0 spiro atoms. The van der Waals surface area contributed by atoms with Crippen LogP contribution < -0.4 is 19.5 Å². The lowest BCUT2D eigenvalue weighted by Gasteiger charge is -2.19. The Kier molecular flexibility index (Phi) is 7.72. The molecule has 2 aromatic carbocycles. The van der Waals surface area contributed by atoms with Crippen LogP contribution in [0.2, 0.25) is 0 Å². The maximum absolute atomic E-state index is 12.6. The zero-order chi connectivity index (χ0) is 23.0. The van der Waals surface area contributed by atoms with Crippen molar-refractivity contribution >= 4 is 23.4 Å². The van der Waals surface area contributed by atoms with E-state index in [1.54, 1.807) is 18.2 Å². The Morgan fingerprint density at radius 1 is 1.12 bits per heavy atom. The molecule has 1 amide bonds. The predicted molar refractivity (Wildman–Crippen MR) is 127 cm³/mol. The van der Waals surface area contributed by atoms with Crippen molar-refractivity contribution in [2.75, 3.05) is 24.3 Å². The van der Waals surface area contributed by atoms with Crippen LogP contribution in [0, 0.1) is 5.92 Å². The summed E-state index contributed by atoms with van der Waals surface area (Å²) in [5, 5.41) is 12.3. The minimum Gasteiger partial charge on any atom is -0.486 e. The molecule has 1 aliphatic rings. The molecule has 1 N–H and O–H groups in total. The van der Waals surface area contributed by atoms with Crippen LogP contribution in [0.5, 0.6) is 17.2 Å². The molecular formula is C24H28N4O4S. The van der Waals surface area contributed by atoms with Gasteiger partial charge in [-0.2, -0.15) is 0 Å². The van der Waals surface area contributed by atoms with Gasteiger partial charge in [0.1, 0.15) is 25.6 Å². The van der Waals surface area contributed by atoms with E-state index in [1.165, 1.54) is 11.8 Å². The number of para-hydroxylation sites is 1. The summed E-state index contributed by atoms with van der Waals surface area (Å²) in [6.45, 7) is 6.48. The molecule has 0 atom stereocenters. The highest BCUT2D eigenvalue weighted by molar-refractivity contribution is 7.99. The van der Waals surface area contributed by atoms with Gasteiger partial charge in [0, 0.05) is 18.3 Å². The number of benzene rings is 2. The number of ether oxygens (including phenoxy) is 3. The fourth-order valence-corrected chi connectivity index (χ4v) is 4.04. The van der Waals surface area contributed by atoms with Gasteiger partial charge in [-0.3, -0.25) is 4.79 Å². The maximum Gasteiger partial charge on any atom is 0.234 e. The molecule has 0 fully saturated rings. The summed E-state index contributed by atoms with van der Waals surface area (Å²) < 4.78 is 19.0. The fourth-order valence-electron chi connectivity index (χ4n) is 3.26. The van der Waals surface area contributed by atoms with Gasteiger partial charge < -0.3 is 24.1 Å². The van der Waals surface area contributed by atoms with E-state index in [2.05, 4.69) is 29.4 Å². The molecule has 0 saturated carbocycles. The van der Waals surface area contributed by atoms with E-state index in [1.807, 2.05) is 34.9 Å². The lowest BCUT2D eigenvalue weighted by Crippen LogP contribution is -2.17. The van der Waals surface area contributed by atoms with Crippen molar-refractivity contribution in [2.24, 2.45) is 5.92 Å². The Balaban J connectivity index is 1.37. The Bertz CT molecular complexity index is 1070. The Hall–Kier alpha value is -3.20. The van der Waals surface area contributed by atoms with Crippen molar-refractivity contribution in [1.82, 2.24) is 14.8 Å². The van der Waals surface area contributed by atoms with Crippen molar-refractivity contribution in [3.8, 4) is 17.2 Å². The van der Waals surface area contributed by atoms with Crippen molar-refractivity contribution in [3.05, 3.63) is 54.4 Å². The fraction of sp³-hybridized carbons (Fsp3) is 0.375. The molecule has 0 bridgehead atoms. The van der Waals surface area contributed by atoms with E-state index in [9.17, 15) is 4.79 Å². The molecular weight excluding hydrogens is 440 g/mol. The van der Waals surface area contributed by atoms with Crippen LogP contribution in [0.25, 0.3) is 0 Å². The second-order valence-electron chi connectivity index (χ2n) is 8.03. The lowest BCUT2D eigenvalue weighted by molar-refractivity contribution is -0.113. The normalized spacial score (nSPS) is 12.6. The van der Waals surface area contributed by atoms with Gasteiger partial charge in [0.15, 0.2) is 22.5 Å². The molecule has 0 radical (unpaired) electrons. The van der Waals surface area contributed by atoms with Gasteiger partial charge in [0.2, 0.25) is 5.91 Å². The van der Waals surface area contributed by atoms with Crippen molar-refractivity contribution in [3.63, 3.8) is 0 Å². The number of thioether (sulfide) groups is 1. The number of nitrogens with zero attached hydrogens (tertiary/aromatic N) is 3. The molecule has 0 aliphatic carbocycles. The molecule has 0 unspecified atom stereocenters. The Labute approximate surface area is 197 Å². The molecule has 8 nitrogen and oxygen atoms in total. The highest BCUT2D eigenvalue weighted by Crippen LogP contribution is 2.32. The van der Waals surface area contributed by atoms with Crippen LogP contribution in [0.15, 0.2) is 53.7 Å². The van der Waals surface area contributed by atoms with Crippen LogP contribution in [-0.4, -0.2) is 39.6 Å². The summed E-state index contributed by atoms with van der Waals surface area (Å²) >= 11 is 1.36. The first kappa shape index (κ1) is 23.0. The Morgan fingerprint density at radius 3 is 2.70 bits per heavy atom. The van der Waals surface area contributed by atoms with Crippen LogP contribution in [0.1, 0.15) is 26.1 Å².